The fourth-order valence-corrected chi connectivity index (χ4v) is 6.06. The van der Waals surface area contributed by atoms with E-state index in [-0.39, 0.29) is 54.5 Å². The molecule has 3 aromatic rings. The molecule has 3 rings (SSSR count). The van der Waals surface area contributed by atoms with E-state index in [1.165, 1.54) is 24.5 Å². The van der Waals surface area contributed by atoms with Gasteiger partial charge in [0.25, 0.3) is 0 Å². The van der Waals surface area contributed by atoms with Crippen molar-refractivity contribution in [1.82, 2.24) is 14.9 Å². The van der Waals surface area contributed by atoms with Crippen molar-refractivity contribution in [2.45, 2.75) is 60.1 Å². The van der Waals surface area contributed by atoms with Crippen LogP contribution < -0.4 is 48.4 Å². The van der Waals surface area contributed by atoms with Crippen molar-refractivity contribution in [3.8, 4) is 11.5 Å². The highest BCUT2D eigenvalue weighted by atomic mass is 32.1. The number of nitrogens with one attached hydrogen (secondary N) is 2. The van der Waals surface area contributed by atoms with Gasteiger partial charge < -0.3 is 57.8 Å². The Balaban J connectivity index is 2.02. The average molecular weight is 899 g/mol. The molecule has 18 nitrogen and oxygen atoms in total. The van der Waals surface area contributed by atoms with Crippen molar-refractivity contribution in [3.63, 3.8) is 0 Å². The number of nitrogens with zero attached hydrogens (tertiary/aromatic N) is 5. The van der Waals surface area contributed by atoms with Crippen LogP contribution in [0.1, 0.15) is 74.5 Å². The molecule has 2 aromatic carbocycles. The number of fused-ring (bicyclic) bond motifs is 1. The standard InChI is InChI=1S/C45H62N12O6S/c1-7-53-33(21-30(3)48)28-56(16-9-10-17-57-39(14-13-29(2)47)55-36-23-32(43(51)59)25-38(41(36)57)62-19-12-20-64)40-35(49)22-31(42(50)58)24-37(40)61-18-11-8-15-52-27-34(26-46)54-44(60)63-45(4,5)6/h8-11,13-14,21-27,47,64H,7,12,15-20,28,46,48-49H2,1-6H3,(H2,50,58)(H2,51,59)(H,54,60)/b10-9+,11-8+,14-13+,30-21-,34-26+,47-29?,52-27?,53-33?. The summed E-state index contributed by atoms with van der Waals surface area (Å²) in [5.74, 6) is 0.549. The summed E-state index contributed by atoms with van der Waals surface area (Å²) >= 11 is 4.30. The molecule has 0 atom stereocenters. The number of hydrogen-bond donors (Lipinski definition) is 8. The number of nitrogens with two attached hydrogens (primary N) is 5. The summed E-state index contributed by atoms with van der Waals surface area (Å²) in [4.78, 5) is 52.5. The molecule has 0 fully saturated rings. The minimum atomic E-state index is -0.689. The molecule has 1 aromatic heterocycles. The number of rotatable bonds is 24. The minimum Gasteiger partial charge on any atom is -0.491 e. The van der Waals surface area contributed by atoms with E-state index < -0.39 is 23.5 Å². The number of aliphatic imine (C=N–C) groups is 2. The molecule has 0 spiro atoms. The van der Waals surface area contributed by atoms with Gasteiger partial charge in [0, 0.05) is 54.6 Å². The van der Waals surface area contributed by atoms with E-state index in [9.17, 15) is 14.4 Å². The lowest BCUT2D eigenvalue weighted by atomic mass is 10.1. The number of carbonyl (C=O) groups excluding carboxylic acids is 3. The second-order valence-corrected chi connectivity index (χ2v) is 15.7. The Morgan fingerprint density at radius 2 is 1.70 bits per heavy atom. The summed E-state index contributed by atoms with van der Waals surface area (Å²) in [6.45, 7) is 12.6. The van der Waals surface area contributed by atoms with Crippen LogP contribution in [0.4, 0.5) is 16.2 Å². The highest BCUT2D eigenvalue weighted by Gasteiger charge is 2.21. The highest BCUT2D eigenvalue weighted by Crippen LogP contribution is 2.37. The van der Waals surface area contributed by atoms with Gasteiger partial charge in [-0.05, 0) is 102 Å². The molecule has 0 aliphatic carbocycles. The fourth-order valence-electron chi connectivity index (χ4n) is 5.93. The van der Waals surface area contributed by atoms with E-state index in [1.807, 2.05) is 28.5 Å². The zero-order chi connectivity index (χ0) is 47.4. The molecule has 0 aliphatic rings. The second-order valence-electron chi connectivity index (χ2n) is 15.2. The number of thiol groups is 1. The van der Waals surface area contributed by atoms with Gasteiger partial charge in [0.1, 0.15) is 40.7 Å². The lowest BCUT2D eigenvalue weighted by Gasteiger charge is -2.28. The van der Waals surface area contributed by atoms with Gasteiger partial charge in [0.05, 0.1) is 42.3 Å². The minimum absolute atomic E-state index is 0.0659. The van der Waals surface area contributed by atoms with Gasteiger partial charge in [-0.15, -0.1) is 0 Å². The van der Waals surface area contributed by atoms with E-state index in [0.717, 1.165) is 0 Å². The zero-order valence-electron chi connectivity index (χ0n) is 37.4. The molecule has 0 bridgehead atoms. The summed E-state index contributed by atoms with van der Waals surface area (Å²) in [6, 6.07) is 6.26. The van der Waals surface area contributed by atoms with Crippen LogP contribution in [-0.4, -0.2) is 95.8 Å². The maximum absolute atomic E-state index is 12.4. The molecule has 19 heteroatoms. The smallest absolute Gasteiger partial charge is 0.412 e. The number of carbonyl (C=O) groups is 3. The van der Waals surface area contributed by atoms with Gasteiger partial charge in [-0.1, -0.05) is 18.2 Å². The van der Waals surface area contributed by atoms with Crippen LogP contribution in [0.2, 0.25) is 0 Å². The summed E-state index contributed by atoms with van der Waals surface area (Å²) in [5.41, 5.74) is 33.2. The molecule has 0 saturated heterocycles. The first-order valence-electron chi connectivity index (χ1n) is 20.5. The number of ether oxygens (including phenoxy) is 3. The average Bonchev–Trinajstić information content (AvgIpc) is 3.56. The Labute approximate surface area is 380 Å². The number of primary amides is 2. The normalized spacial score (nSPS) is 12.8. The molecule has 0 unspecified atom stereocenters. The van der Waals surface area contributed by atoms with Gasteiger partial charge in [-0.2, -0.15) is 12.6 Å². The number of allylic oxidation sites excluding steroid dienone is 4. The Morgan fingerprint density at radius 1 is 1.00 bits per heavy atom. The number of benzene rings is 2. The summed E-state index contributed by atoms with van der Waals surface area (Å²) in [7, 11) is 0. The van der Waals surface area contributed by atoms with E-state index >= 15 is 0 Å². The SMILES string of the molecule is CCN=C(/C=C(/C)N)CN(C/C=C/Cn1c(/C=C/C(C)=N)nc2cc(C(N)=O)cc(OCCCS)c21)c1c(N)cc(C(N)=O)cc1OC/C=C/CN=C/C(=C\N)NC(=O)OC(C)(C)C. The highest BCUT2D eigenvalue weighted by molar-refractivity contribution is 7.80. The van der Waals surface area contributed by atoms with Crippen molar-refractivity contribution in [2.24, 2.45) is 32.9 Å². The maximum Gasteiger partial charge on any atom is 0.412 e. The van der Waals surface area contributed by atoms with E-state index in [2.05, 4.69) is 27.9 Å². The lowest BCUT2D eigenvalue weighted by Crippen LogP contribution is -2.32. The largest absolute Gasteiger partial charge is 0.491 e. The van der Waals surface area contributed by atoms with Crippen LogP contribution in [-0.2, 0) is 11.3 Å². The van der Waals surface area contributed by atoms with Crippen LogP contribution in [0.3, 0.4) is 0 Å². The van der Waals surface area contributed by atoms with E-state index in [4.69, 9.17) is 53.3 Å². The van der Waals surface area contributed by atoms with Gasteiger partial charge in [0.2, 0.25) is 11.8 Å². The van der Waals surface area contributed by atoms with Crippen LogP contribution in [0, 0.1) is 5.41 Å². The Bertz CT molecular complexity index is 2350. The predicted octanol–water partition coefficient (Wildman–Crippen LogP) is 5.28. The predicted molar refractivity (Wildman–Crippen MR) is 261 cm³/mol. The Hall–Kier alpha value is -7.02. The number of hydrogen-bond acceptors (Lipinski definition) is 15. The summed E-state index contributed by atoms with van der Waals surface area (Å²) in [6.07, 6.45) is 15.1. The van der Waals surface area contributed by atoms with Crippen molar-refractivity contribution in [1.29, 1.82) is 5.41 Å². The number of alkyl carbamates (subject to hydrolysis) is 1. The monoisotopic (exact) mass is 898 g/mol. The molecular formula is C45H62N12O6S. The van der Waals surface area contributed by atoms with Crippen molar-refractivity contribution >= 4 is 76.7 Å². The summed E-state index contributed by atoms with van der Waals surface area (Å²) < 4.78 is 19.6. The Morgan fingerprint density at radius 3 is 2.33 bits per heavy atom. The first kappa shape index (κ1) is 51.3. The molecular weight excluding hydrogens is 837 g/mol. The molecule has 12 N–H and O–H groups in total. The van der Waals surface area contributed by atoms with Crippen LogP contribution in [0.5, 0.6) is 11.5 Å². The molecule has 3 amide bonds. The van der Waals surface area contributed by atoms with Gasteiger partial charge in [-0.3, -0.25) is 24.9 Å². The number of amides is 3. The second kappa shape index (κ2) is 25.2. The van der Waals surface area contributed by atoms with Crippen molar-refractivity contribution in [3.05, 3.63) is 95.3 Å². The number of anilines is 2. The van der Waals surface area contributed by atoms with Crippen LogP contribution in [0.15, 0.2) is 88.3 Å². The van der Waals surface area contributed by atoms with E-state index in [1.54, 1.807) is 77.1 Å². The lowest BCUT2D eigenvalue weighted by molar-refractivity contribution is 0.0548. The van der Waals surface area contributed by atoms with Crippen molar-refractivity contribution < 1.29 is 28.6 Å². The number of imidazole rings is 1. The fraction of sp³-hybridized carbons (Fsp3) is 0.356. The molecule has 0 saturated carbocycles. The molecule has 0 radical (unpaired) electrons. The van der Waals surface area contributed by atoms with Crippen LogP contribution in [0.25, 0.3) is 17.1 Å². The van der Waals surface area contributed by atoms with E-state index in [0.29, 0.717) is 77.3 Å². The third-order valence-corrected chi connectivity index (χ3v) is 8.84. The third-order valence-electron chi connectivity index (χ3n) is 8.52. The maximum atomic E-state index is 12.4. The number of nitrogen functional groups attached to an aromatic ring is 1. The molecule has 0 aliphatic heterocycles. The quantitative estimate of drug-likeness (QED) is 0.0188. The van der Waals surface area contributed by atoms with Gasteiger partial charge in [0.15, 0.2) is 0 Å². The summed E-state index contributed by atoms with van der Waals surface area (Å²) in [5, 5.41) is 10.5. The molecule has 1 heterocycles. The third kappa shape index (κ3) is 16.7. The first-order chi connectivity index (χ1) is 30.4. The van der Waals surface area contributed by atoms with Gasteiger partial charge >= 0.3 is 6.09 Å². The molecule has 344 valence electrons. The van der Waals surface area contributed by atoms with Crippen LogP contribution >= 0.6 is 12.6 Å². The van der Waals surface area contributed by atoms with Gasteiger partial charge in [-0.25, -0.2) is 9.78 Å². The first-order valence-corrected chi connectivity index (χ1v) is 21.1. The zero-order valence-corrected chi connectivity index (χ0v) is 38.3. The topological polar surface area (TPSA) is 291 Å². The molecule has 64 heavy (non-hydrogen) atoms. The Kier molecular flexibility index (Phi) is 20.2. The van der Waals surface area contributed by atoms with Crippen molar-refractivity contribution in [2.75, 3.05) is 55.8 Å². The number of aromatic nitrogens is 2.